The standard InChI is InChI=1S/C33H28ClN3O4S/c34-29-15-13-27(14-16-29)31-22-28(21-25-7-3-1-4-8-25)32(38)37(31)20-19-24-11-17-30(18-12-24)42(40,41)36-33(39)35-23-26-9-5-2-6-10-26/h1-18,21-22H,19-20,23H2,(H2,35,36,39)/b28-21+. The van der Waals surface area contributed by atoms with Crippen molar-refractivity contribution < 1.29 is 18.0 Å². The van der Waals surface area contributed by atoms with Gasteiger partial charge in [-0.05, 0) is 65.1 Å². The quantitative estimate of drug-likeness (QED) is 0.230. The Bertz CT molecular complexity index is 1740. The number of hydrogen-bond donors (Lipinski definition) is 2. The van der Waals surface area contributed by atoms with Crippen LogP contribution in [0.25, 0.3) is 11.8 Å². The van der Waals surface area contributed by atoms with E-state index in [1.807, 2.05) is 89.7 Å². The van der Waals surface area contributed by atoms with Gasteiger partial charge >= 0.3 is 6.03 Å². The van der Waals surface area contributed by atoms with Gasteiger partial charge < -0.3 is 10.2 Å². The first-order valence-electron chi connectivity index (χ1n) is 13.3. The lowest BCUT2D eigenvalue weighted by Crippen LogP contribution is -2.39. The minimum absolute atomic E-state index is 0.0341. The lowest BCUT2D eigenvalue weighted by Gasteiger charge is -2.21. The number of carbonyl (C=O) groups is 2. The fourth-order valence-electron chi connectivity index (χ4n) is 4.54. The molecule has 3 amide bonds. The van der Waals surface area contributed by atoms with Crippen molar-refractivity contribution in [2.24, 2.45) is 0 Å². The molecular formula is C33H28ClN3O4S. The average molecular weight is 598 g/mol. The van der Waals surface area contributed by atoms with Crippen molar-refractivity contribution >= 4 is 45.3 Å². The zero-order valence-electron chi connectivity index (χ0n) is 22.5. The topological polar surface area (TPSA) is 95.6 Å². The summed E-state index contributed by atoms with van der Waals surface area (Å²) in [6, 6.07) is 31.6. The molecule has 0 saturated carbocycles. The van der Waals surface area contributed by atoms with Gasteiger partial charge in [-0.2, -0.15) is 0 Å². The summed E-state index contributed by atoms with van der Waals surface area (Å²) < 4.78 is 27.5. The number of amides is 3. The van der Waals surface area contributed by atoms with Gasteiger partial charge in [0.2, 0.25) is 0 Å². The number of urea groups is 1. The summed E-state index contributed by atoms with van der Waals surface area (Å²) in [4.78, 5) is 27.4. The van der Waals surface area contributed by atoms with Crippen molar-refractivity contribution in [1.29, 1.82) is 0 Å². The number of nitrogens with one attached hydrogen (secondary N) is 2. The smallest absolute Gasteiger partial charge is 0.328 e. The Morgan fingerprint density at radius 3 is 2.12 bits per heavy atom. The molecule has 0 bridgehead atoms. The third kappa shape index (κ3) is 7.15. The molecule has 4 aromatic carbocycles. The summed E-state index contributed by atoms with van der Waals surface area (Å²) in [5, 5.41) is 3.15. The molecule has 2 N–H and O–H groups in total. The van der Waals surface area contributed by atoms with E-state index in [9.17, 15) is 18.0 Å². The SMILES string of the molecule is O=C(NCc1ccccc1)NS(=O)(=O)c1ccc(CCN2C(=O)/C(=C/c3ccccc3)C=C2c2ccc(Cl)cc2)cc1. The second-order valence-electron chi connectivity index (χ2n) is 9.67. The summed E-state index contributed by atoms with van der Waals surface area (Å²) in [5.41, 5.74) is 4.82. The molecule has 0 radical (unpaired) electrons. The Hall–Kier alpha value is -4.66. The van der Waals surface area contributed by atoms with Crippen LogP contribution in [0.15, 0.2) is 126 Å². The molecule has 0 aromatic heterocycles. The molecule has 212 valence electrons. The third-order valence-electron chi connectivity index (χ3n) is 6.72. The summed E-state index contributed by atoms with van der Waals surface area (Å²) in [6.07, 6.45) is 4.23. The Morgan fingerprint density at radius 1 is 0.810 bits per heavy atom. The van der Waals surface area contributed by atoms with Crippen molar-refractivity contribution in [2.45, 2.75) is 17.9 Å². The van der Waals surface area contributed by atoms with Crippen LogP contribution < -0.4 is 10.0 Å². The van der Waals surface area contributed by atoms with Gasteiger partial charge in [-0.15, -0.1) is 0 Å². The van der Waals surface area contributed by atoms with Gasteiger partial charge in [-0.3, -0.25) is 4.79 Å². The van der Waals surface area contributed by atoms with Crippen LogP contribution in [0.1, 0.15) is 22.3 Å². The molecular weight excluding hydrogens is 570 g/mol. The molecule has 42 heavy (non-hydrogen) atoms. The molecule has 0 fully saturated rings. The van der Waals surface area contributed by atoms with Crippen LogP contribution >= 0.6 is 11.6 Å². The van der Waals surface area contributed by atoms with Crippen molar-refractivity contribution in [3.63, 3.8) is 0 Å². The highest BCUT2D eigenvalue weighted by molar-refractivity contribution is 7.90. The number of benzene rings is 4. The van der Waals surface area contributed by atoms with E-state index in [2.05, 4.69) is 5.32 Å². The van der Waals surface area contributed by atoms with Crippen LogP contribution in [-0.2, 0) is 27.8 Å². The van der Waals surface area contributed by atoms with Crippen molar-refractivity contribution in [1.82, 2.24) is 14.9 Å². The summed E-state index contributed by atoms with van der Waals surface area (Å²) in [6.45, 7) is 0.580. The van der Waals surface area contributed by atoms with Crippen LogP contribution in [0.3, 0.4) is 0 Å². The molecule has 0 unspecified atom stereocenters. The minimum atomic E-state index is -4.06. The first kappa shape index (κ1) is 28.9. The van der Waals surface area contributed by atoms with Gasteiger partial charge in [0.15, 0.2) is 0 Å². The number of carbonyl (C=O) groups excluding carboxylic acids is 2. The van der Waals surface area contributed by atoms with Crippen LogP contribution in [0.4, 0.5) is 4.79 Å². The summed E-state index contributed by atoms with van der Waals surface area (Å²) in [7, 11) is -4.06. The van der Waals surface area contributed by atoms with Gasteiger partial charge in [0.25, 0.3) is 15.9 Å². The normalized spacial score (nSPS) is 14.1. The Kier molecular flexibility index (Phi) is 8.85. The average Bonchev–Trinajstić information content (AvgIpc) is 3.30. The molecule has 1 aliphatic rings. The fourth-order valence-corrected chi connectivity index (χ4v) is 5.59. The fraction of sp³-hybridized carbons (Fsp3) is 0.0909. The predicted molar refractivity (Wildman–Crippen MR) is 165 cm³/mol. The van der Waals surface area contributed by atoms with E-state index in [-0.39, 0.29) is 17.3 Å². The second kappa shape index (κ2) is 12.9. The molecule has 1 aliphatic heterocycles. The zero-order chi connectivity index (χ0) is 29.5. The summed E-state index contributed by atoms with van der Waals surface area (Å²) in [5.74, 6) is -0.117. The predicted octanol–water partition coefficient (Wildman–Crippen LogP) is 6.04. The van der Waals surface area contributed by atoms with Gasteiger partial charge in [-0.1, -0.05) is 96.5 Å². The lowest BCUT2D eigenvalue weighted by molar-refractivity contribution is -0.122. The van der Waals surface area contributed by atoms with Gasteiger partial charge in [0.1, 0.15) is 0 Å². The van der Waals surface area contributed by atoms with Crippen LogP contribution in [-0.4, -0.2) is 31.8 Å². The largest absolute Gasteiger partial charge is 0.333 e. The molecule has 4 aromatic rings. The first-order chi connectivity index (χ1) is 20.3. The van der Waals surface area contributed by atoms with E-state index in [0.717, 1.165) is 28.0 Å². The molecule has 1 heterocycles. The van der Waals surface area contributed by atoms with Crippen molar-refractivity contribution in [3.05, 3.63) is 148 Å². The molecule has 9 heteroatoms. The molecule has 0 saturated heterocycles. The van der Waals surface area contributed by atoms with E-state index in [0.29, 0.717) is 23.6 Å². The minimum Gasteiger partial charge on any atom is -0.333 e. The van der Waals surface area contributed by atoms with E-state index in [1.165, 1.54) is 12.1 Å². The van der Waals surface area contributed by atoms with Gasteiger partial charge in [0, 0.05) is 23.7 Å². The Morgan fingerprint density at radius 2 is 1.45 bits per heavy atom. The Balaban J connectivity index is 1.26. The van der Waals surface area contributed by atoms with E-state index in [4.69, 9.17) is 11.6 Å². The highest BCUT2D eigenvalue weighted by Crippen LogP contribution is 2.31. The Labute approximate surface area is 250 Å². The van der Waals surface area contributed by atoms with E-state index >= 15 is 0 Å². The number of nitrogens with zero attached hydrogens (tertiary/aromatic N) is 1. The highest BCUT2D eigenvalue weighted by atomic mass is 35.5. The number of sulfonamides is 1. The third-order valence-corrected chi connectivity index (χ3v) is 8.32. The molecule has 0 atom stereocenters. The first-order valence-corrected chi connectivity index (χ1v) is 15.1. The lowest BCUT2D eigenvalue weighted by atomic mass is 10.1. The van der Waals surface area contributed by atoms with Crippen LogP contribution in [0.5, 0.6) is 0 Å². The maximum atomic E-state index is 13.5. The van der Waals surface area contributed by atoms with Crippen molar-refractivity contribution in [3.8, 4) is 0 Å². The number of halogens is 1. The second-order valence-corrected chi connectivity index (χ2v) is 11.8. The molecule has 5 rings (SSSR count). The maximum absolute atomic E-state index is 13.5. The molecule has 7 nitrogen and oxygen atoms in total. The number of rotatable bonds is 9. The monoisotopic (exact) mass is 597 g/mol. The maximum Gasteiger partial charge on any atom is 0.328 e. The molecule has 0 spiro atoms. The van der Waals surface area contributed by atoms with Crippen LogP contribution in [0.2, 0.25) is 5.02 Å². The zero-order valence-corrected chi connectivity index (χ0v) is 24.1. The van der Waals surface area contributed by atoms with E-state index in [1.54, 1.807) is 29.2 Å². The van der Waals surface area contributed by atoms with Crippen molar-refractivity contribution in [2.75, 3.05) is 6.54 Å². The molecule has 0 aliphatic carbocycles. The van der Waals surface area contributed by atoms with Gasteiger partial charge in [-0.25, -0.2) is 17.9 Å². The van der Waals surface area contributed by atoms with E-state index < -0.39 is 16.1 Å². The highest BCUT2D eigenvalue weighted by Gasteiger charge is 2.29. The van der Waals surface area contributed by atoms with Crippen LogP contribution in [0, 0.1) is 0 Å². The van der Waals surface area contributed by atoms with Gasteiger partial charge in [0.05, 0.1) is 10.6 Å². The number of hydrogen-bond acceptors (Lipinski definition) is 4. The summed E-state index contributed by atoms with van der Waals surface area (Å²) >= 11 is 6.09.